The van der Waals surface area contributed by atoms with Gasteiger partial charge in [-0.05, 0) is 31.7 Å². The molecule has 2 amide bonds. The molecule has 150 valence electrons. The standard InChI is InChI=1S/C19H26N6O3/c1-11(2)17(27)25-9-13-7-14(21-16(26)15-5-6-24(4)22-15)8-19(13,10-25)18-20-12(3)23-28-18/h5-6,11,13-14H,7-10H2,1-4H3,(H,21,26)/t13-,14+,19-/m0/s1. The Hall–Kier alpha value is -2.71. The molecule has 1 saturated carbocycles. The Kier molecular flexibility index (Phi) is 4.47. The summed E-state index contributed by atoms with van der Waals surface area (Å²) in [4.78, 5) is 31.5. The van der Waals surface area contributed by atoms with Crippen LogP contribution in [-0.2, 0) is 17.3 Å². The molecule has 2 aromatic rings. The maximum Gasteiger partial charge on any atom is 0.271 e. The fourth-order valence-corrected chi connectivity index (χ4v) is 4.64. The van der Waals surface area contributed by atoms with Gasteiger partial charge in [-0.2, -0.15) is 10.1 Å². The van der Waals surface area contributed by atoms with Crippen LogP contribution in [0.2, 0.25) is 0 Å². The predicted molar refractivity (Wildman–Crippen MR) is 99.3 cm³/mol. The number of carbonyl (C=O) groups excluding carboxylic acids is 2. The molecule has 1 saturated heterocycles. The topological polar surface area (TPSA) is 106 Å². The van der Waals surface area contributed by atoms with Crippen LogP contribution in [0.4, 0.5) is 0 Å². The maximum atomic E-state index is 12.6. The number of carbonyl (C=O) groups is 2. The minimum Gasteiger partial charge on any atom is -0.348 e. The van der Waals surface area contributed by atoms with Crippen LogP contribution in [0.3, 0.4) is 0 Å². The predicted octanol–water partition coefficient (Wildman–Crippen LogP) is 1.06. The normalized spacial score (nSPS) is 26.7. The highest BCUT2D eigenvalue weighted by Gasteiger charge is 2.58. The summed E-state index contributed by atoms with van der Waals surface area (Å²) in [5.41, 5.74) is -0.00714. The number of likely N-dealkylation sites (tertiary alicyclic amines) is 1. The molecule has 28 heavy (non-hydrogen) atoms. The molecule has 4 rings (SSSR count). The molecular weight excluding hydrogens is 360 g/mol. The zero-order valence-corrected chi connectivity index (χ0v) is 16.7. The molecule has 1 aliphatic carbocycles. The van der Waals surface area contributed by atoms with Gasteiger partial charge in [0.25, 0.3) is 5.91 Å². The summed E-state index contributed by atoms with van der Waals surface area (Å²) in [6.45, 7) is 6.81. The number of nitrogens with zero attached hydrogens (tertiary/aromatic N) is 5. The summed E-state index contributed by atoms with van der Waals surface area (Å²) in [7, 11) is 1.78. The fourth-order valence-electron chi connectivity index (χ4n) is 4.64. The Bertz CT molecular complexity index is 903. The molecule has 3 atom stereocenters. The number of amides is 2. The Morgan fingerprint density at radius 3 is 2.79 bits per heavy atom. The van der Waals surface area contributed by atoms with Gasteiger partial charge in [0.05, 0.1) is 5.41 Å². The van der Waals surface area contributed by atoms with Crippen LogP contribution in [0.1, 0.15) is 48.9 Å². The lowest BCUT2D eigenvalue weighted by Gasteiger charge is -2.26. The Morgan fingerprint density at radius 1 is 1.39 bits per heavy atom. The smallest absolute Gasteiger partial charge is 0.271 e. The molecule has 1 aliphatic heterocycles. The Balaban J connectivity index is 1.56. The summed E-state index contributed by atoms with van der Waals surface area (Å²) < 4.78 is 7.16. The number of nitrogens with one attached hydrogen (secondary N) is 1. The second-order valence-electron chi connectivity index (χ2n) is 8.36. The minimum atomic E-state index is -0.409. The monoisotopic (exact) mass is 386 g/mol. The van der Waals surface area contributed by atoms with Crippen molar-refractivity contribution in [1.82, 2.24) is 30.1 Å². The lowest BCUT2D eigenvalue weighted by atomic mass is 9.80. The third-order valence-electron chi connectivity index (χ3n) is 5.92. The van der Waals surface area contributed by atoms with Crippen molar-refractivity contribution in [3.63, 3.8) is 0 Å². The molecular formula is C19H26N6O3. The second kappa shape index (κ2) is 6.72. The highest BCUT2D eigenvalue weighted by Crippen LogP contribution is 2.50. The first-order valence-corrected chi connectivity index (χ1v) is 9.68. The lowest BCUT2D eigenvalue weighted by molar-refractivity contribution is -0.133. The fraction of sp³-hybridized carbons (Fsp3) is 0.632. The average molecular weight is 386 g/mol. The molecule has 0 aromatic carbocycles. The highest BCUT2D eigenvalue weighted by molar-refractivity contribution is 5.92. The first-order chi connectivity index (χ1) is 13.3. The van der Waals surface area contributed by atoms with Crippen LogP contribution in [0.25, 0.3) is 0 Å². The highest BCUT2D eigenvalue weighted by atomic mass is 16.5. The maximum absolute atomic E-state index is 12.6. The molecule has 2 fully saturated rings. The van der Waals surface area contributed by atoms with Crippen molar-refractivity contribution < 1.29 is 14.1 Å². The van der Waals surface area contributed by atoms with Gasteiger partial charge in [-0.3, -0.25) is 14.3 Å². The lowest BCUT2D eigenvalue weighted by Crippen LogP contribution is -2.40. The third-order valence-corrected chi connectivity index (χ3v) is 5.92. The zero-order chi connectivity index (χ0) is 20.1. The summed E-state index contributed by atoms with van der Waals surface area (Å²) in [6, 6.07) is 1.67. The number of hydrogen-bond donors (Lipinski definition) is 1. The van der Waals surface area contributed by atoms with E-state index in [1.807, 2.05) is 18.7 Å². The summed E-state index contributed by atoms with van der Waals surface area (Å²) >= 11 is 0. The van der Waals surface area contributed by atoms with Crippen LogP contribution in [0, 0.1) is 18.8 Å². The van der Waals surface area contributed by atoms with E-state index in [2.05, 4.69) is 20.6 Å². The van der Waals surface area contributed by atoms with Crippen LogP contribution in [0.15, 0.2) is 16.8 Å². The van der Waals surface area contributed by atoms with Gasteiger partial charge in [-0.1, -0.05) is 19.0 Å². The van der Waals surface area contributed by atoms with Gasteiger partial charge in [-0.15, -0.1) is 0 Å². The van der Waals surface area contributed by atoms with Crippen molar-refractivity contribution in [2.45, 2.75) is 45.1 Å². The van der Waals surface area contributed by atoms with Crippen LogP contribution in [-0.4, -0.2) is 55.8 Å². The van der Waals surface area contributed by atoms with E-state index in [1.54, 1.807) is 30.9 Å². The van der Waals surface area contributed by atoms with Crippen LogP contribution >= 0.6 is 0 Å². The van der Waals surface area contributed by atoms with Gasteiger partial charge in [0.15, 0.2) is 5.82 Å². The first kappa shape index (κ1) is 18.6. The van der Waals surface area contributed by atoms with E-state index in [0.29, 0.717) is 36.9 Å². The van der Waals surface area contributed by atoms with E-state index in [0.717, 1.165) is 6.42 Å². The van der Waals surface area contributed by atoms with E-state index < -0.39 is 5.41 Å². The molecule has 2 aromatic heterocycles. The molecule has 2 aliphatic rings. The number of fused-ring (bicyclic) bond motifs is 1. The number of aromatic nitrogens is 4. The summed E-state index contributed by atoms with van der Waals surface area (Å²) in [5, 5.41) is 11.2. The molecule has 0 spiro atoms. The van der Waals surface area contributed by atoms with Gasteiger partial charge < -0.3 is 14.7 Å². The minimum absolute atomic E-state index is 0.0250. The molecule has 0 radical (unpaired) electrons. The largest absolute Gasteiger partial charge is 0.348 e. The van der Waals surface area contributed by atoms with Crippen molar-refractivity contribution in [3.8, 4) is 0 Å². The molecule has 0 unspecified atom stereocenters. The van der Waals surface area contributed by atoms with Crippen molar-refractivity contribution in [1.29, 1.82) is 0 Å². The van der Waals surface area contributed by atoms with E-state index in [4.69, 9.17) is 4.52 Å². The van der Waals surface area contributed by atoms with E-state index in [-0.39, 0.29) is 29.7 Å². The Morgan fingerprint density at radius 2 is 2.18 bits per heavy atom. The van der Waals surface area contributed by atoms with Crippen LogP contribution in [0.5, 0.6) is 0 Å². The van der Waals surface area contributed by atoms with Gasteiger partial charge in [0.1, 0.15) is 5.69 Å². The third kappa shape index (κ3) is 3.08. The summed E-state index contributed by atoms with van der Waals surface area (Å²) in [6.07, 6.45) is 3.18. The molecule has 9 nitrogen and oxygen atoms in total. The van der Waals surface area contributed by atoms with Crippen LogP contribution < -0.4 is 5.32 Å². The van der Waals surface area contributed by atoms with Crippen molar-refractivity contribution >= 4 is 11.8 Å². The second-order valence-corrected chi connectivity index (χ2v) is 8.36. The first-order valence-electron chi connectivity index (χ1n) is 9.68. The zero-order valence-electron chi connectivity index (χ0n) is 16.7. The quantitative estimate of drug-likeness (QED) is 0.842. The van der Waals surface area contributed by atoms with Crippen molar-refractivity contribution in [2.75, 3.05) is 13.1 Å². The van der Waals surface area contributed by atoms with E-state index in [1.165, 1.54) is 0 Å². The number of rotatable bonds is 4. The number of hydrogen-bond acceptors (Lipinski definition) is 6. The molecule has 1 N–H and O–H groups in total. The Labute approximate surface area is 163 Å². The van der Waals surface area contributed by atoms with E-state index >= 15 is 0 Å². The van der Waals surface area contributed by atoms with Gasteiger partial charge in [0, 0.05) is 38.3 Å². The summed E-state index contributed by atoms with van der Waals surface area (Å²) in [5.74, 6) is 1.22. The molecule has 9 heteroatoms. The van der Waals surface area contributed by atoms with Gasteiger partial charge in [0.2, 0.25) is 11.8 Å². The SMILES string of the molecule is Cc1noc([C@]23C[C@H](NC(=O)c4ccn(C)n4)C[C@H]2CN(C(=O)C(C)C)C3)n1. The molecule has 3 heterocycles. The average Bonchev–Trinajstić information content (AvgIpc) is 3.37. The van der Waals surface area contributed by atoms with E-state index in [9.17, 15) is 9.59 Å². The van der Waals surface area contributed by atoms with Crippen molar-refractivity contribution in [3.05, 3.63) is 29.7 Å². The van der Waals surface area contributed by atoms with Gasteiger partial charge in [-0.25, -0.2) is 0 Å². The van der Waals surface area contributed by atoms with Crippen molar-refractivity contribution in [2.24, 2.45) is 18.9 Å². The number of aryl methyl sites for hydroxylation is 2. The van der Waals surface area contributed by atoms with Gasteiger partial charge >= 0.3 is 0 Å². The molecule has 0 bridgehead atoms.